The first-order chi connectivity index (χ1) is 7.93. The second kappa shape index (κ2) is 5.49. The first-order valence-corrected chi connectivity index (χ1v) is 5.61. The van der Waals surface area contributed by atoms with Crippen LogP contribution in [0.1, 0.15) is 37.0 Å². The molecular weight excluding hydrogens is 214 g/mol. The molecule has 17 heavy (non-hydrogen) atoms. The van der Waals surface area contributed by atoms with Gasteiger partial charge >= 0.3 is 0 Å². The third kappa shape index (κ3) is 3.60. The number of nitrogens with zero attached hydrogens (tertiary/aromatic N) is 1. The number of carbonyl (C=O) groups excluding carboxylic acids is 1. The molecule has 0 heterocycles. The lowest BCUT2D eigenvalue weighted by atomic mass is 10.1. The molecule has 0 fully saturated rings. The van der Waals surface area contributed by atoms with Crippen LogP contribution in [0.4, 0.5) is 0 Å². The van der Waals surface area contributed by atoms with E-state index in [0.717, 1.165) is 16.9 Å². The molecule has 90 valence electrons. The van der Waals surface area contributed by atoms with Crippen LogP contribution < -0.4 is 4.74 Å². The summed E-state index contributed by atoms with van der Waals surface area (Å²) in [6.07, 6.45) is 0.261. The van der Waals surface area contributed by atoms with E-state index in [1.54, 1.807) is 19.1 Å². The third-order valence-electron chi connectivity index (χ3n) is 2.48. The second-order valence-corrected chi connectivity index (χ2v) is 4.39. The molecular formula is C14H17NO2. The smallest absolute Gasteiger partial charge is 0.133 e. The summed E-state index contributed by atoms with van der Waals surface area (Å²) in [6, 6.07) is 5.70. The van der Waals surface area contributed by atoms with Crippen LogP contribution in [0, 0.1) is 25.2 Å². The van der Waals surface area contributed by atoms with Gasteiger partial charge in [0.2, 0.25) is 0 Å². The summed E-state index contributed by atoms with van der Waals surface area (Å²) in [5.74, 6) is 0.888. The lowest BCUT2D eigenvalue weighted by Gasteiger charge is -2.17. The van der Waals surface area contributed by atoms with Gasteiger partial charge in [-0.2, -0.15) is 5.26 Å². The summed E-state index contributed by atoms with van der Waals surface area (Å²) in [4.78, 5) is 11.0. The Kier molecular flexibility index (Phi) is 4.28. The number of rotatable bonds is 4. The number of carbonyl (C=O) groups is 1. The number of ether oxygens (including phenoxy) is 1. The van der Waals surface area contributed by atoms with Crippen molar-refractivity contribution in [3.8, 4) is 11.8 Å². The maximum Gasteiger partial charge on any atom is 0.133 e. The van der Waals surface area contributed by atoms with Crippen LogP contribution in [0.2, 0.25) is 0 Å². The fraction of sp³-hybridized carbons (Fsp3) is 0.429. The van der Waals surface area contributed by atoms with Crippen LogP contribution in [-0.2, 0) is 4.79 Å². The van der Waals surface area contributed by atoms with Gasteiger partial charge in [-0.1, -0.05) is 0 Å². The van der Waals surface area contributed by atoms with Gasteiger partial charge < -0.3 is 4.74 Å². The minimum atomic E-state index is -0.141. The Morgan fingerprint density at radius 2 is 1.94 bits per heavy atom. The monoisotopic (exact) mass is 231 g/mol. The Labute approximate surface area is 102 Å². The van der Waals surface area contributed by atoms with Crippen molar-refractivity contribution in [1.29, 1.82) is 5.26 Å². The van der Waals surface area contributed by atoms with Gasteiger partial charge in [0, 0.05) is 6.42 Å². The molecule has 1 unspecified atom stereocenters. The first-order valence-electron chi connectivity index (χ1n) is 5.61. The number of benzene rings is 1. The number of ketones is 1. The van der Waals surface area contributed by atoms with E-state index in [1.165, 1.54) is 0 Å². The number of aryl methyl sites for hydroxylation is 2. The second-order valence-electron chi connectivity index (χ2n) is 4.39. The van der Waals surface area contributed by atoms with Crippen molar-refractivity contribution in [3.05, 3.63) is 28.8 Å². The lowest BCUT2D eigenvalue weighted by Crippen LogP contribution is -2.16. The summed E-state index contributed by atoms with van der Waals surface area (Å²) in [5.41, 5.74) is 2.49. The summed E-state index contributed by atoms with van der Waals surface area (Å²) in [5, 5.41) is 8.84. The molecule has 1 aromatic carbocycles. The van der Waals surface area contributed by atoms with Gasteiger partial charge in [0.05, 0.1) is 11.6 Å². The quantitative estimate of drug-likeness (QED) is 0.800. The van der Waals surface area contributed by atoms with Crippen molar-refractivity contribution in [2.24, 2.45) is 0 Å². The Hall–Kier alpha value is -1.82. The minimum Gasteiger partial charge on any atom is -0.490 e. The van der Waals surface area contributed by atoms with Gasteiger partial charge in [0.1, 0.15) is 17.6 Å². The van der Waals surface area contributed by atoms with E-state index in [0.29, 0.717) is 12.0 Å². The standard InChI is InChI=1S/C14H17NO2/c1-9-5-13(8-15)6-10(2)14(9)17-12(4)7-11(3)16/h5-6,12H,7H2,1-4H3. The third-order valence-corrected chi connectivity index (χ3v) is 2.48. The summed E-state index contributed by atoms with van der Waals surface area (Å²) in [7, 11) is 0. The van der Waals surface area contributed by atoms with Crippen molar-refractivity contribution in [3.63, 3.8) is 0 Å². The number of nitriles is 1. The molecule has 0 spiro atoms. The summed E-state index contributed by atoms with van der Waals surface area (Å²) < 4.78 is 5.76. The first kappa shape index (κ1) is 13.2. The van der Waals surface area contributed by atoms with Crippen molar-refractivity contribution in [2.45, 2.75) is 40.2 Å². The number of Topliss-reactive ketones (excluding diaryl/α,β-unsaturated/α-hetero) is 1. The molecule has 0 aromatic heterocycles. The van der Waals surface area contributed by atoms with Crippen molar-refractivity contribution in [2.75, 3.05) is 0 Å². The molecule has 1 rings (SSSR count). The Morgan fingerprint density at radius 3 is 2.35 bits per heavy atom. The van der Waals surface area contributed by atoms with Crippen LogP contribution >= 0.6 is 0 Å². The highest BCUT2D eigenvalue weighted by Crippen LogP contribution is 2.26. The maximum atomic E-state index is 11.0. The molecule has 0 aliphatic heterocycles. The Balaban J connectivity index is 2.92. The molecule has 0 aliphatic rings. The lowest BCUT2D eigenvalue weighted by molar-refractivity contribution is -0.118. The summed E-state index contributed by atoms with van der Waals surface area (Å²) >= 11 is 0. The molecule has 0 aliphatic carbocycles. The highest BCUT2D eigenvalue weighted by atomic mass is 16.5. The predicted octanol–water partition coefficient (Wildman–Crippen LogP) is 2.92. The fourth-order valence-electron chi connectivity index (χ4n) is 1.85. The van der Waals surface area contributed by atoms with E-state index in [-0.39, 0.29) is 11.9 Å². The highest BCUT2D eigenvalue weighted by Gasteiger charge is 2.12. The SMILES string of the molecule is CC(=O)CC(C)Oc1c(C)cc(C#N)cc1C. The molecule has 0 saturated heterocycles. The van der Waals surface area contributed by atoms with Crippen LogP contribution in [0.15, 0.2) is 12.1 Å². The maximum absolute atomic E-state index is 11.0. The minimum absolute atomic E-state index is 0.112. The molecule has 3 heteroatoms. The summed E-state index contributed by atoms with van der Waals surface area (Å²) in [6.45, 7) is 7.24. The van der Waals surface area contributed by atoms with Crippen molar-refractivity contribution in [1.82, 2.24) is 0 Å². The van der Waals surface area contributed by atoms with E-state index < -0.39 is 0 Å². The number of hydrogen-bond donors (Lipinski definition) is 0. The molecule has 0 radical (unpaired) electrons. The predicted molar refractivity (Wildman–Crippen MR) is 66.0 cm³/mol. The van der Waals surface area contributed by atoms with E-state index in [9.17, 15) is 4.79 Å². The molecule has 0 saturated carbocycles. The normalized spacial score (nSPS) is 11.7. The topological polar surface area (TPSA) is 50.1 Å². The van der Waals surface area contributed by atoms with Crippen LogP contribution in [-0.4, -0.2) is 11.9 Å². The van der Waals surface area contributed by atoms with Crippen LogP contribution in [0.25, 0.3) is 0 Å². The Morgan fingerprint density at radius 1 is 1.41 bits per heavy atom. The molecule has 0 bridgehead atoms. The largest absolute Gasteiger partial charge is 0.490 e. The number of hydrogen-bond acceptors (Lipinski definition) is 3. The van der Waals surface area contributed by atoms with E-state index >= 15 is 0 Å². The fourth-order valence-corrected chi connectivity index (χ4v) is 1.85. The average Bonchev–Trinajstić information content (AvgIpc) is 2.22. The van der Waals surface area contributed by atoms with Gasteiger partial charge in [0.15, 0.2) is 0 Å². The average molecular weight is 231 g/mol. The van der Waals surface area contributed by atoms with E-state index in [4.69, 9.17) is 10.00 Å². The van der Waals surface area contributed by atoms with Gasteiger partial charge in [-0.3, -0.25) is 4.79 Å². The highest BCUT2D eigenvalue weighted by molar-refractivity contribution is 5.76. The van der Waals surface area contributed by atoms with Gasteiger partial charge in [-0.05, 0) is 51.0 Å². The molecule has 0 amide bonds. The zero-order valence-corrected chi connectivity index (χ0v) is 10.7. The zero-order valence-electron chi connectivity index (χ0n) is 10.7. The van der Waals surface area contributed by atoms with Gasteiger partial charge in [0.25, 0.3) is 0 Å². The van der Waals surface area contributed by atoms with Gasteiger partial charge in [-0.15, -0.1) is 0 Å². The molecule has 0 N–H and O–H groups in total. The van der Waals surface area contributed by atoms with E-state index in [2.05, 4.69) is 6.07 Å². The molecule has 3 nitrogen and oxygen atoms in total. The van der Waals surface area contributed by atoms with E-state index in [1.807, 2.05) is 20.8 Å². The van der Waals surface area contributed by atoms with Crippen molar-refractivity contribution < 1.29 is 9.53 Å². The van der Waals surface area contributed by atoms with Gasteiger partial charge in [-0.25, -0.2) is 0 Å². The van der Waals surface area contributed by atoms with Crippen LogP contribution in [0.5, 0.6) is 5.75 Å². The molecule has 1 atom stereocenters. The molecule has 1 aromatic rings. The Bertz CT molecular complexity index is 449. The van der Waals surface area contributed by atoms with Crippen LogP contribution in [0.3, 0.4) is 0 Å². The van der Waals surface area contributed by atoms with Crippen molar-refractivity contribution >= 4 is 5.78 Å². The zero-order chi connectivity index (χ0) is 13.0.